The summed E-state index contributed by atoms with van der Waals surface area (Å²) in [6, 6.07) is 9.37. The smallest absolute Gasteiger partial charge is 0.244 e. The molecule has 2 aromatic rings. The maximum atomic E-state index is 12.9. The molecule has 146 valence electrons. The van der Waals surface area contributed by atoms with Gasteiger partial charge in [0.05, 0.1) is 0 Å². The number of sulfonamides is 1. The molecule has 0 radical (unpaired) electrons. The van der Waals surface area contributed by atoms with Gasteiger partial charge in [-0.25, -0.2) is 13.1 Å². The first-order valence-electron chi connectivity index (χ1n) is 9.30. The fraction of sp³-hybridized carbons (Fsp3) is 0.474. The second kappa shape index (κ2) is 8.22. The number of amides is 1. The molecule has 0 atom stereocenters. The Kier molecular flexibility index (Phi) is 5.96. The summed E-state index contributed by atoms with van der Waals surface area (Å²) in [5.74, 6) is 0.155. The van der Waals surface area contributed by atoms with Crippen molar-refractivity contribution in [3.63, 3.8) is 0 Å². The van der Waals surface area contributed by atoms with Gasteiger partial charge >= 0.3 is 0 Å². The summed E-state index contributed by atoms with van der Waals surface area (Å²) in [5, 5.41) is 4.49. The first kappa shape index (κ1) is 19.6. The Morgan fingerprint density at radius 2 is 1.96 bits per heavy atom. The molecule has 2 heterocycles. The van der Waals surface area contributed by atoms with Gasteiger partial charge in [-0.1, -0.05) is 30.3 Å². The minimum atomic E-state index is -3.70. The van der Waals surface area contributed by atoms with Gasteiger partial charge in [0.25, 0.3) is 0 Å². The molecule has 1 aromatic heterocycles. The van der Waals surface area contributed by atoms with E-state index in [-0.39, 0.29) is 23.4 Å². The Bertz CT molecular complexity index is 891. The lowest BCUT2D eigenvalue weighted by atomic mass is 10.2. The average Bonchev–Trinajstić information content (AvgIpc) is 3.27. The van der Waals surface area contributed by atoms with Gasteiger partial charge < -0.3 is 4.90 Å². The van der Waals surface area contributed by atoms with Crippen molar-refractivity contribution in [3.05, 3.63) is 36.5 Å². The molecular weight excluding hydrogens is 364 g/mol. The number of carbonyl (C=O) groups is 1. The largest absolute Gasteiger partial charge is 0.343 e. The van der Waals surface area contributed by atoms with E-state index in [1.165, 1.54) is 0 Å². The van der Waals surface area contributed by atoms with E-state index in [0.717, 1.165) is 18.5 Å². The number of hydrogen-bond donors (Lipinski definition) is 1. The monoisotopic (exact) mass is 390 g/mol. The van der Waals surface area contributed by atoms with Crippen LogP contribution >= 0.6 is 0 Å². The summed E-state index contributed by atoms with van der Waals surface area (Å²) in [4.78, 5) is 13.6. The predicted molar refractivity (Wildman–Crippen MR) is 104 cm³/mol. The van der Waals surface area contributed by atoms with Crippen LogP contribution in [0, 0.1) is 0 Å². The topological polar surface area (TPSA) is 84.3 Å². The van der Waals surface area contributed by atoms with Crippen LogP contribution in [0.2, 0.25) is 0 Å². The highest BCUT2D eigenvalue weighted by molar-refractivity contribution is 7.89. The molecular formula is C19H26N4O3S. The third kappa shape index (κ3) is 4.56. The second-order valence-electron chi connectivity index (χ2n) is 7.02. The van der Waals surface area contributed by atoms with Crippen LogP contribution in [-0.4, -0.2) is 48.6 Å². The van der Waals surface area contributed by atoms with Gasteiger partial charge in [0.15, 0.2) is 0 Å². The van der Waals surface area contributed by atoms with E-state index < -0.39 is 10.0 Å². The molecule has 8 heteroatoms. The zero-order chi connectivity index (χ0) is 19.4. The SMILES string of the molecule is CC(C)n1cc(S(=O)(=O)NCCCN2CCCC2=O)c(-c2ccccc2)n1. The summed E-state index contributed by atoms with van der Waals surface area (Å²) in [7, 11) is -3.70. The number of likely N-dealkylation sites (tertiary alicyclic amines) is 1. The standard InChI is InChI=1S/C19H26N4O3S/c1-15(2)23-14-17(19(21-23)16-8-4-3-5-9-16)27(25,26)20-11-7-13-22-12-6-10-18(22)24/h3-5,8-9,14-15,20H,6-7,10-13H2,1-2H3. The Balaban J connectivity index is 1.74. The lowest BCUT2D eigenvalue weighted by Crippen LogP contribution is -2.30. The molecule has 1 aliphatic rings. The predicted octanol–water partition coefficient (Wildman–Crippen LogP) is 2.42. The highest BCUT2D eigenvalue weighted by Crippen LogP contribution is 2.27. The second-order valence-corrected chi connectivity index (χ2v) is 8.75. The van der Waals surface area contributed by atoms with E-state index in [4.69, 9.17) is 0 Å². The van der Waals surface area contributed by atoms with Crippen molar-refractivity contribution >= 4 is 15.9 Å². The Morgan fingerprint density at radius 1 is 1.22 bits per heavy atom. The van der Waals surface area contributed by atoms with E-state index in [1.54, 1.807) is 15.8 Å². The van der Waals surface area contributed by atoms with Crippen LogP contribution in [0.1, 0.15) is 39.2 Å². The van der Waals surface area contributed by atoms with E-state index in [1.807, 2.05) is 44.2 Å². The van der Waals surface area contributed by atoms with Crippen molar-refractivity contribution in [1.82, 2.24) is 19.4 Å². The molecule has 1 aromatic carbocycles. The number of aromatic nitrogens is 2. The minimum Gasteiger partial charge on any atom is -0.343 e. The van der Waals surface area contributed by atoms with Crippen LogP contribution < -0.4 is 4.72 Å². The van der Waals surface area contributed by atoms with Crippen molar-refractivity contribution in [2.45, 2.75) is 44.0 Å². The molecule has 0 bridgehead atoms. The van der Waals surface area contributed by atoms with Crippen molar-refractivity contribution in [1.29, 1.82) is 0 Å². The minimum absolute atomic E-state index is 0.0533. The molecule has 0 spiro atoms. The number of benzene rings is 1. The average molecular weight is 391 g/mol. The van der Waals surface area contributed by atoms with E-state index in [2.05, 4.69) is 9.82 Å². The van der Waals surface area contributed by atoms with Gasteiger partial charge in [-0.05, 0) is 26.7 Å². The Morgan fingerprint density at radius 3 is 2.59 bits per heavy atom. The maximum Gasteiger partial charge on any atom is 0.244 e. The third-order valence-electron chi connectivity index (χ3n) is 4.63. The molecule has 1 amide bonds. The number of carbonyl (C=O) groups excluding carboxylic acids is 1. The van der Waals surface area contributed by atoms with Crippen molar-refractivity contribution in [2.75, 3.05) is 19.6 Å². The molecule has 0 aliphatic carbocycles. The van der Waals surface area contributed by atoms with Gasteiger partial charge in [-0.15, -0.1) is 0 Å². The first-order valence-corrected chi connectivity index (χ1v) is 10.8. The first-order chi connectivity index (χ1) is 12.9. The summed E-state index contributed by atoms with van der Waals surface area (Å²) in [6.07, 6.45) is 3.66. The van der Waals surface area contributed by atoms with Crippen LogP contribution in [0.25, 0.3) is 11.3 Å². The highest BCUT2D eigenvalue weighted by Gasteiger charge is 2.24. The quantitative estimate of drug-likeness (QED) is 0.702. The summed E-state index contributed by atoms with van der Waals surface area (Å²) >= 11 is 0. The van der Waals surface area contributed by atoms with Crippen molar-refractivity contribution < 1.29 is 13.2 Å². The molecule has 1 N–H and O–H groups in total. The van der Waals surface area contributed by atoms with Crippen LogP contribution in [0.4, 0.5) is 0 Å². The van der Waals surface area contributed by atoms with E-state index in [9.17, 15) is 13.2 Å². The van der Waals surface area contributed by atoms with Gasteiger partial charge in [0.2, 0.25) is 15.9 Å². The van der Waals surface area contributed by atoms with Gasteiger partial charge in [-0.3, -0.25) is 9.48 Å². The lowest BCUT2D eigenvalue weighted by Gasteiger charge is -2.15. The Hall–Kier alpha value is -2.19. The highest BCUT2D eigenvalue weighted by atomic mass is 32.2. The van der Waals surface area contributed by atoms with Crippen LogP contribution in [0.15, 0.2) is 41.4 Å². The number of nitrogens with zero attached hydrogens (tertiary/aromatic N) is 3. The van der Waals surface area contributed by atoms with Gasteiger partial charge in [0, 0.05) is 43.9 Å². The zero-order valence-corrected chi connectivity index (χ0v) is 16.6. The zero-order valence-electron chi connectivity index (χ0n) is 15.8. The van der Waals surface area contributed by atoms with Crippen LogP contribution in [-0.2, 0) is 14.8 Å². The summed E-state index contributed by atoms with van der Waals surface area (Å²) in [6.45, 7) is 5.55. The molecule has 7 nitrogen and oxygen atoms in total. The fourth-order valence-corrected chi connectivity index (χ4v) is 4.36. The molecule has 0 unspecified atom stereocenters. The van der Waals surface area contributed by atoms with Crippen molar-refractivity contribution in [3.8, 4) is 11.3 Å². The molecule has 1 saturated heterocycles. The number of hydrogen-bond acceptors (Lipinski definition) is 4. The third-order valence-corrected chi connectivity index (χ3v) is 6.09. The summed E-state index contributed by atoms with van der Waals surface area (Å²) < 4.78 is 30.1. The van der Waals surface area contributed by atoms with E-state index >= 15 is 0 Å². The van der Waals surface area contributed by atoms with E-state index in [0.29, 0.717) is 25.1 Å². The molecule has 1 fully saturated rings. The number of nitrogens with one attached hydrogen (secondary N) is 1. The molecule has 3 rings (SSSR count). The lowest BCUT2D eigenvalue weighted by molar-refractivity contribution is -0.127. The van der Waals surface area contributed by atoms with Crippen LogP contribution in [0.3, 0.4) is 0 Å². The molecule has 1 aliphatic heterocycles. The Labute approximate surface area is 160 Å². The van der Waals surface area contributed by atoms with Crippen molar-refractivity contribution in [2.24, 2.45) is 0 Å². The van der Waals surface area contributed by atoms with Crippen LogP contribution in [0.5, 0.6) is 0 Å². The molecule has 27 heavy (non-hydrogen) atoms. The van der Waals surface area contributed by atoms with Gasteiger partial charge in [-0.2, -0.15) is 5.10 Å². The number of rotatable bonds is 8. The maximum absolute atomic E-state index is 12.9. The normalized spacial score (nSPS) is 15.1. The molecule has 0 saturated carbocycles. The van der Waals surface area contributed by atoms with Gasteiger partial charge in [0.1, 0.15) is 10.6 Å². The fourth-order valence-electron chi connectivity index (χ4n) is 3.13. The summed E-state index contributed by atoms with van der Waals surface area (Å²) in [5.41, 5.74) is 1.21.